The molecule has 1 unspecified atom stereocenters. The largest absolute Gasteiger partial charge is 0.478 e. The van der Waals surface area contributed by atoms with Gasteiger partial charge in [0.1, 0.15) is 11.8 Å². The lowest BCUT2D eigenvalue weighted by Crippen LogP contribution is -2.06. The zero-order chi connectivity index (χ0) is 14.3. The van der Waals surface area contributed by atoms with Crippen LogP contribution in [0, 0.1) is 6.92 Å². The van der Waals surface area contributed by atoms with Gasteiger partial charge in [-0.2, -0.15) is 0 Å². The monoisotopic (exact) mass is 271 g/mol. The van der Waals surface area contributed by atoms with Crippen LogP contribution >= 0.6 is 0 Å². The Morgan fingerprint density at radius 2 is 2.20 bits per heavy atom. The van der Waals surface area contributed by atoms with Crippen LogP contribution in [0.5, 0.6) is 0 Å². The third-order valence-corrected chi connectivity index (χ3v) is 3.24. The number of hydrogen-bond donors (Lipinski definition) is 1. The molecule has 0 fully saturated rings. The summed E-state index contributed by atoms with van der Waals surface area (Å²) in [5, 5.41) is 9.07. The topological polar surface area (TPSA) is 81.2 Å². The highest BCUT2D eigenvalue weighted by Crippen LogP contribution is 2.23. The van der Waals surface area contributed by atoms with E-state index in [9.17, 15) is 4.79 Å². The van der Waals surface area contributed by atoms with Crippen molar-refractivity contribution in [1.29, 1.82) is 0 Å². The van der Waals surface area contributed by atoms with Crippen molar-refractivity contribution in [1.82, 2.24) is 14.5 Å². The molecule has 3 rings (SSSR count). The maximum absolute atomic E-state index is 11.1. The Morgan fingerprint density at radius 3 is 2.85 bits per heavy atom. The lowest BCUT2D eigenvalue weighted by molar-refractivity contribution is 0.0697. The fourth-order valence-electron chi connectivity index (χ4n) is 2.15. The van der Waals surface area contributed by atoms with Crippen LogP contribution in [0.1, 0.15) is 35.0 Å². The quantitative estimate of drug-likeness (QED) is 0.792. The maximum atomic E-state index is 11.1. The van der Waals surface area contributed by atoms with Crippen LogP contribution in [0.2, 0.25) is 0 Å². The first-order valence-electron chi connectivity index (χ1n) is 6.18. The third kappa shape index (κ3) is 1.95. The Kier molecular flexibility index (Phi) is 2.78. The summed E-state index contributed by atoms with van der Waals surface area (Å²) in [7, 11) is 0. The molecule has 1 atom stereocenters. The van der Waals surface area contributed by atoms with Gasteiger partial charge in [-0.1, -0.05) is 0 Å². The zero-order valence-electron chi connectivity index (χ0n) is 11.1. The Hall–Kier alpha value is -2.63. The molecule has 3 aromatic rings. The molecule has 0 saturated carbocycles. The van der Waals surface area contributed by atoms with Crippen LogP contribution in [0.15, 0.2) is 35.1 Å². The van der Waals surface area contributed by atoms with Crippen LogP contribution in [-0.2, 0) is 0 Å². The molecule has 0 aliphatic heterocycles. The first kappa shape index (κ1) is 12.4. The summed E-state index contributed by atoms with van der Waals surface area (Å²) in [6.07, 6.45) is 3.33. The molecule has 102 valence electrons. The molecule has 6 heteroatoms. The molecule has 0 saturated heterocycles. The number of nitrogens with zero attached hydrogens (tertiary/aromatic N) is 3. The number of oxazole rings is 1. The second-order valence-electron chi connectivity index (χ2n) is 4.65. The van der Waals surface area contributed by atoms with Crippen molar-refractivity contribution in [2.24, 2.45) is 0 Å². The van der Waals surface area contributed by atoms with Crippen molar-refractivity contribution in [3.05, 3.63) is 47.9 Å². The highest BCUT2D eigenvalue weighted by molar-refractivity contribution is 5.92. The summed E-state index contributed by atoms with van der Waals surface area (Å²) in [4.78, 5) is 19.5. The van der Waals surface area contributed by atoms with E-state index in [1.165, 1.54) is 0 Å². The second-order valence-corrected chi connectivity index (χ2v) is 4.65. The van der Waals surface area contributed by atoms with Gasteiger partial charge >= 0.3 is 5.97 Å². The molecular formula is C14H13N3O3. The van der Waals surface area contributed by atoms with Gasteiger partial charge in [0.2, 0.25) is 5.89 Å². The summed E-state index contributed by atoms with van der Waals surface area (Å²) < 4.78 is 7.37. The number of benzene rings is 1. The molecule has 1 aromatic carbocycles. The molecule has 1 N–H and O–H groups in total. The minimum atomic E-state index is -0.959. The van der Waals surface area contributed by atoms with Gasteiger partial charge in [-0.05, 0) is 32.0 Å². The van der Waals surface area contributed by atoms with Gasteiger partial charge < -0.3 is 14.1 Å². The molecule has 6 nitrogen and oxygen atoms in total. The van der Waals surface area contributed by atoms with Gasteiger partial charge in [0.25, 0.3) is 0 Å². The molecule has 0 amide bonds. The number of aromatic nitrogens is 3. The third-order valence-electron chi connectivity index (χ3n) is 3.24. The standard InChI is InChI=1S/C14H13N3O3/c1-8-6-15-13(20-8)9(2)17-7-16-11-4-3-10(14(18)19)5-12(11)17/h3-7,9H,1-2H3,(H,18,19). The molecule has 2 aromatic heterocycles. The minimum absolute atomic E-state index is 0.155. The predicted octanol–water partition coefficient (Wildman–Crippen LogP) is 2.64. The van der Waals surface area contributed by atoms with Crippen molar-refractivity contribution >= 4 is 17.0 Å². The van der Waals surface area contributed by atoms with E-state index in [0.29, 0.717) is 5.89 Å². The average molecular weight is 271 g/mol. The fourth-order valence-corrected chi connectivity index (χ4v) is 2.15. The molecule has 20 heavy (non-hydrogen) atoms. The highest BCUT2D eigenvalue weighted by Gasteiger charge is 2.17. The van der Waals surface area contributed by atoms with E-state index in [1.54, 1.807) is 30.7 Å². The smallest absolute Gasteiger partial charge is 0.335 e. The SMILES string of the molecule is Cc1cnc(C(C)n2cnc3ccc(C(=O)O)cc32)o1. The van der Waals surface area contributed by atoms with Crippen molar-refractivity contribution in [3.63, 3.8) is 0 Å². The molecule has 0 aliphatic carbocycles. The summed E-state index contributed by atoms with van der Waals surface area (Å²) in [5.41, 5.74) is 1.72. The first-order valence-corrected chi connectivity index (χ1v) is 6.18. The van der Waals surface area contributed by atoms with E-state index in [-0.39, 0.29) is 11.6 Å². The molecule has 0 radical (unpaired) electrons. The van der Waals surface area contributed by atoms with Crippen LogP contribution in [0.3, 0.4) is 0 Å². The Bertz CT molecular complexity index is 788. The van der Waals surface area contributed by atoms with E-state index in [4.69, 9.17) is 9.52 Å². The predicted molar refractivity (Wildman–Crippen MR) is 71.7 cm³/mol. The lowest BCUT2D eigenvalue weighted by atomic mass is 10.2. The molecular weight excluding hydrogens is 258 g/mol. The second kappa shape index (κ2) is 4.48. The van der Waals surface area contributed by atoms with Crippen molar-refractivity contribution in [3.8, 4) is 0 Å². The summed E-state index contributed by atoms with van der Waals surface area (Å²) in [6.45, 7) is 3.76. The number of carboxylic acid groups (broad SMARTS) is 1. The number of hydrogen-bond acceptors (Lipinski definition) is 4. The number of carboxylic acids is 1. The summed E-state index contributed by atoms with van der Waals surface area (Å²) >= 11 is 0. The van der Waals surface area contributed by atoms with Crippen molar-refractivity contribution < 1.29 is 14.3 Å². The number of aryl methyl sites for hydroxylation is 1. The zero-order valence-corrected chi connectivity index (χ0v) is 11.1. The number of fused-ring (bicyclic) bond motifs is 1. The minimum Gasteiger partial charge on any atom is -0.478 e. The fraction of sp³-hybridized carbons (Fsp3) is 0.214. The average Bonchev–Trinajstić information content (AvgIpc) is 3.03. The number of imidazole rings is 1. The first-order chi connectivity index (χ1) is 9.56. The van der Waals surface area contributed by atoms with E-state index in [2.05, 4.69) is 9.97 Å². The summed E-state index contributed by atoms with van der Waals surface area (Å²) in [5.74, 6) is 0.351. The van der Waals surface area contributed by atoms with Gasteiger partial charge in [-0.3, -0.25) is 0 Å². The number of carbonyl (C=O) groups is 1. The number of rotatable bonds is 3. The summed E-state index contributed by atoms with van der Waals surface area (Å²) in [6, 6.07) is 4.69. The van der Waals surface area contributed by atoms with Crippen LogP contribution in [0.4, 0.5) is 0 Å². The van der Waals surface area contributed by atoms with E-state index in [0.717, 1.165) is 16.8 Å². The normalized spacial score (nSPS) is 12.7. The van der Waals surface area contributed by atoms with Crippen molar-refractivity contribution in [2.45, 2.75) is 19.9 Å². The van der Waals surface area contributed by atoms with Crippen LogP contribution in [0.25, 0.3) is 11.0 Å². The van der Waals surface area contributed by atoms with Gasteiger partial charge in [-0.25, -0.2) is 14.8 Å². The molecule has 0 aliphatic rings. The van der Waals surface area contributed by atoms with E-state index < -0.39 is 5.97 Å². The Morgan fingerprint density at radius 1 is 1.40 bits per heavy atom. The Balaban J connectivity index is 2.11. The van der Waals surface area contributed by atoms with E-state index >= 15 is 0 Å². The van der Waals surface area contributed by atoms with Gasteiger partial charge in [0, 0.05) is 0 Å². The van der Waals surface area contributed by atoms with E-state index in [1.807, 2.05) is 18.4 Å². The molecule has 2 heterocycles. The van der Waals surface area contributed by atoms with Gasteiger partial charge in [0.05, 0.1) is 29.1 Å². The lowest BCUT2D eigenvalue weighted by Gasteiger charge is -2.10. The van der Waals surface area contributed by atoms with Crippen LogP contribution < -0.4 is 0 Å². The highest BCUT2D eigenvalue weighted by atomic mass is 16.4. The molecule has 0 spiro atoms. The van der Waals surface area contributed by atoms with Crippen molar-refractivity contribution in [2.75, 3.05) is 0 Å². The Labute approximate surface area is 114 Å². The van der Waals surface area contributed by atoms with Gasteiger partial charge in [-0.15, -0.1) is 0 Å². The van der Waals surface area contributed by atoms with Gasteiger partial charge in [0.15, 0.2) is 0 Å². The van der Waals surface area contributed by atoms with Crippen LogP contribution in [-0.4, -0.2) is 25.6 Å². The molecule has 0 bridgehead atoms. The maximum Gasteiger partial charge on any atom is 0.335 e. The number of aromatic carboxylic acids is 1.